The zero-order valence-electron chi connectivity index (χ0n) is 14.0. The molecule has 26 heavy (non-hydrogen) atoms. The Kier molecular flexibility index (Phi) is 4.42. The van der Waals surface area contributed by atoms with Gasteiger partial charge in [-0.2, -0.15) is 0 Å². The number of rotatable bonds is 3. The Morgan fingerprint density at radius 3 is 2.12 bits per heavy atom. The lowest BCUT2D eigenvalue weighted by Gasteiger charge is -2.25. The maximum absolute atomic E-state index is 13.4. The molecule has 2 nitrogen and oxygen atoms in total. The second kappa shape index (κ2) is 7.03. The topological polar surface area (TPSA) is 20.3 Å². The van der Waals surface area contributed by atoms with Gasteiger partial charge in [-0.1, -0.05) is 66.2 Å². The summed E-state index contributed by atoms with van der Waals surface area (Å²) in [5.41, 5.74) is 2.26. The van der Waals surface area contributed by atoms with Crippen LogP contribution in [0.25, 0.3) is 10.8 Å². The highest BCUT2D eigenvalue weighted by Gasteiger charge is 2.21. The lowest BCUT2D eigenvalue weighted by atomic mass is 10.1. The minimum absolute atomic E-state index is 0.0794. The van der Waals surface area contributed by atoms with Gasteiger partial charge in [0.15, 0.2) is 0 Å². The van der Waals surface area contributed by atoms with E-state index in [1.54, 1.807) is 17.0 Å². The third-order valence-electron chi connectivity index (χ3n) is 4.32. The van der Waals surface area contributed by atoms with Gasteiger partial charge in [0.2, 0.25) is 0 Å². The molecule has 0 N–H and O–H groups in total. The zero-order valence-corrected chi connectivity index (χ0v) is 14.7. The molecule has 0 heterocycles. The summed E-state index contributed by atoms with van der Waals surface area (Å²) < 4.78 is 0. The maximum atomic E-state index is 13.4. The van der Waals surface area contributed by atoms with E-state index in [0.717, 1.165) is 22.1 Å². The molecule has 3 heteroatoms. The fourth-order valence-corrected chi connectivity index (χ4v) is 3.20. The maximum Gasteiger partial charge on any atom is 0.262 e. The summed E-state index contributed by atoms with van der Waals surface area (Å²) in [6, 6.07) is 30.7. The van der Waals surface area contributed by atoms with E-state index >= 15 is 0 Å². The fourth-order valence-electron chi connectivity index (χ4n) is 3.07. The van der Waals surface area contributed by atoms with Crippen LogP contribution in [-0.2, 0) is 0 Å². The first-order chi connectivity index (χ1) is 12.7. The van der Waals surface area contributed by atoms with Crippen LogP contribution in [0.3, 0.4) is 0 Å². The number of carbonyl (C=O) groups excluding carboxylic acids is 1. The normalized spacial score (nSPS) is 10.7. The number of hydrogen-bond donors (Lipinski definition) is 0. The minimum atomic E-state index is -0.0794. The Bertz CT molecular complexity index is 1050. The number of nitrogens with zero attached hydrogens (tertiary/aromatic N) is 1. The fraction of sp³-hybridized carbons (Fsp3) is 0. The summed E-state index contributed by atoms with van der Waals surface area (Å²) in [5.74, 6) is -0.0794. The van der Waals surface area contributed by atoms with E-state index in [1.807, 2.05) is 84.9 Å². The number of benzene rings is 4. The van der Waals surface area contributed by atoms with Crippen molar-refractivity contribution in [1.82, 2.24) is 0 Å². The molecule has 0 aromatic heterocycles. The number of anilines is 2. The van der Waals surface area contributed by atoms with Crippen LogP contribution in [-0.4, -0.2) is 5.91 Å². The van der Waals surface area contributed by atoms with Crippen LogP contribution in [0.4, 0.5) is 11.4 Å². The quantitative estimate of drug-likeness (QED) is 0.411. The summed E-state index contributed by atoms with van der Waals surface area (Å²) in [4.78, 5) is 15.1. The predicted molar refractivity (Wildman–Crippen MR) is 108 cm³/mol. The van der Waals surface area contributed by atoms with E-state index in [0.29, 0.717) is 10.6 Å². The Morgan fingerprint density at radius 1 is 0.692 bits per heavy atom. The summed E-state index contributed by atoms with van der Waals surface area (Å²) in [7, 11) is 0. The van der Waals surface area contributed by atoms with Gasteiger partial charge in [-0.3, -0.25) is 9.69 Å². The number of halogens is 1. The van der Waals surface area contributed by atoms with Crippen molar-refractivity contribution >= 4 is 39.7 Å². The molecule has 4 aromatic rings. The van der Waals surface area contributed by atoms with Crippen LogP contribution in [0.2, 0.25) is 5.02 Å². The molecule has 0 unspecified atom stereocenters. The molecule has 0 fully saturated rings. The molecular weight excluding hydrogens is 342 g/mol. The van der Waals surface area contributed by atoms with Gasteiger partial charge >= 0.3 is 0 Å². The molecular formula is C23H16ClNO. The van der Waals surface area contributed by atoms with Crippen LogP contribution in [0.15, 0.2) is 97.1 Å². The molecule has 0 aliphatic heterocycles. The van der Waals surface area contributed by atoms with Crippen molar-refractivity contribution in [3.8, 4) is 0 Å². The third kappa shape index (κ3) is 3.07. The van der Waals surface area contributed by atoms with Gasteiger partial charge in [0, 0.05) is 21.7 Å². The molecule has 126 valence electrons. The van der Waals surface area contributed by atoms with E-state index in [-0.39, 0.29) is 5.91 Å². The van der Waals surface area contributed by atoms with Gasteiger partial charge < -0.3 is 0 Å². The largest absolute Gasteiger partial charge is 0.276 e. The van der Waals surface area contributed by atoms with Crippen molar-refractivity contribution in [2.24, 2.45) is 0 Å². The minimum Gasteiger partial charge on any atom is -0.276 e. The van der Waals surface area contributed by atoms with Gasteiger partial charge in [-0.25, -0.2) is 0 Å². The van der Waals surface area contributed by atoms with Gasteiger partial charge in [0.05, 0.1) is 5.69 Å². The molecule has 0 atom stereocenters. The first-order valence-corrected chi connectivity index (χ1v) is 8.75. The van der Waals surface area contributed by atoms with Gasteiger partial charge in [-0.05, 0) is 47.9 Å². The average Bonchev–Trinajstić information content (AvgIpc) is 2.70. The van der Waals surface area contributed by atoms with Crippen molar-refractivity contribution in [2.45, 2.75) is 0 Å². The molecule has 0 spiro atoms. The summed E-state index contributed by atoms with van der Waals surface area (Å²) in [5, 5.41) is 2.75. The number of carbonyl (C=O) groups is 1. The molecule has 0 aliphatic rings. The van der Waals surface area contributed by atoms with Crippen molar-refractivity contribution < 1.29 is 4.79 Å². The Hall–Kier alpha value is -3.10. The SMILES string of the molecule is O=C(c1ccccc1)N(c1ccc(Cl)cc1)c1cccc2ccccc12. The smallest absolute Gasteiger partial charge is 0.262 e. The lowest BCUT2D eigenvalue weighted by Crippen LogP contribution is -2.26. The average molecular weight is 358 g/mol. The van der Waals surface area contributed by atoms with Gasteiger partial charge in [-0.15, -0.1) is 0 Å². The van der Waals surface area contributed by atoms with E-state index in [1.165, 1.54) is 0 Å². The first kappa shape index (κ1) is 16.4. The predicted octanol–water partition coefficient (Wildman–Crippen LogP) is 6.47. The third-order valence-corrected chi connectivity index (χ3v) is 4.57. The second-order valence-corrected chi connectivity index (χ2v) is 6.42. The van der Waals surface area contributed by atoms with Crippen molar-refractivity contribution in [2.75, 3.05) is 4.90 Å². The zero-order chi connectivity index (χ0) is 17.9. The molecule has 4 aromatic carbocycles. The van der Waals surface area contributed by atoms with Crippen molar-refractivity contribution in [3.05, 3.63) is 108 Å². The van der Waals surface area contributed by atoms with Crippen LogP contribution in [0, 0.1) is 0 Å². The van der Waals surface area contributed by atoms with Crippen LogP contribution in [0.1, 0.15) is 10.4 Å². The monoisotopic (exact) mass is 357 g/mol. The standard InChI is InChI=1S/C23H16ClNO/c24-19-13-15-20(16-14-19)25(23(26)18-8-2-1-3-9-18)22-12-6-10-17-7-4-5-11-21(17)22/h1-16H. The van der Waals surface area contributed by atoms with Gasteiger partial charge in [0.1, 0.15) is 0 Å². The molecule has 0 saturated heterocycles. The highest BCUT2D eigenvalue weighted by molar-refractivity contribution is 6.30. The Morgan fingerprint density at radius 2 is 1.35 bits per heavy atom. The van der Waals surface area contributed by atoms with E-state index in [2.05, 4.69) is 0 Å². The van der Waals surface area contributed by atoms with Crippen LogP contribution >= 0.6 is 11.6 Å². The summed E-state index contributed by atoms with van der Waals surface area (Å²) in [6.45, 7) is 0. The van der Waals surface area contributed by atoms with E-state index in [4.69, 9.17) is 11.6 Å². The van der Waals surface area contributed by atoms with E-state index in [9.17, 15) is 4.79 Å². The molecule has 1 amide bonds. The first-order valence-electron chi connectivity index (χ1n) is 8.37. The highest BCUT2D eigenvalue weighted by atomic mass is 35.5. The lowest BCUT2D eigenvalue weighted by molar-refractivity contribution is 0.0999. The van der Waals surface area contributed by atoms with Gasteiger partial charge in [0.25, 0.3) is 5.91 Å². The number of hydrogen-bond acceptors (Lipinski definition) is 1. The van der Waals surface area contributed by atoms with Crippen molar-refractivity contribution in [1.29, 1.82) is 0 Å². The number of amides is 1. The van der Waals surface area contributed by atoms with Crippen LogP contribution < -0.4 is 4.90 Å². The Balaban J connectivity index is 1.93. The second-order valence-electron chi connectivity index (χ2n) is 5.98. The molecule has 0 bridgehead atoms. The molecule has 0 saturated carbocycles. The molecule has 0 radical (unpaired) electrons. The summed E-state index contributed by atoms with van der Waals surface area (Å²) in [6.07, 6.45) is 0. The molecule has 0 aliphatic carbocycles. The Labute approximate surface area is 157 Å². The van der Waals surface area contributed by atoms with E-state index < -0.39 is 0 Å². The van der Waals surface area contributed by atoms with Crippen LogP contribution in [0.5, 0.6) is 0 Å². The van der Waals surface area contributed by atoms with Crippen molar-refractivity contribution in [3.63, 3.8) is 0 Å². The highest BCUT2D eigenvalue weighted by Crippen LogP contribution is 2.34. The molecule has 4 rings (SSSR count). The number of fused-ring (bicyclic) bond motifs is 1. The summed E-state index contributed by atoms with van der Waals surface area (Å²) >= 11 is 6.05.